The molecular weight excluding hydrogens is 373 g/mol. The van der Waals surface area contributed by atoms with Gasteiger partial charge >= 0.3 is 0 Å². The molecule has 2 aromatic rings. The predicted molar refractivity (Wildman–Crippen MR) is 83.6 cm³/mol. The van der Waals surface area contributed by atoms with Gasteiger partial charge in [0, 0.05) is 17.2 Å². The molecule has 0 atom stereocenters. The maximum Gasteiger partial charge on any atom is 0.137 e. The monoisotopic (exact) mass is 374 g/mol. The first-order valence-electron chi connectivity index (χ1n) is 4.84. The van der Waals surface area contributed by atoms with Crippen LogP contribution in [0.2, 0.25) is 30.1 Å². The van der Waals surface area contributed by atoms with Crippen molar-refractivity contribution >= 4 is 69.6 Å². The Morgan fingerprint density at radius 3 is 1.84 bits per heavy atom. The summed E-state index contributed by atoms with van der Waals surface area (Å²) in [6.45, 7) is 0. The van der Waals surface area contributed by atoms with Crippen molar-refractivity contribution in [1.29, 1.82) is 0 Å². The Morgan fingerprint density at radius 1 is 0.632 bits per heavy atom. The van der Waals surface area contributed by atoms with E-state index >= 15 is 0 Å². The summed E-state index contributed by atoms with van der Waals surface area (Å²) in [6.07, 6.45) is 0. The molecule has 0 heterocycles. The highest BCUT2D eigenvalue weighted by atomic mass is 35.5. The smallest absolute Gasteiger partial charge is 0.137 e. The molecule has 0 spiro atoms. The van der Waals surface area contributed by atoms with Crippen LogP contribution in [0.25, 0.3) is 11.1 Å². The van der Waals surface area contributed by atoms with Crippen LogP contribution < -0.4 is 0 Å². The highest BCUT2D eigenvalue weighted by Gasteiger charge is 2.19. The average Bonchev–Trinajstić information content (AvgIpc) is 2.33. The number of phenols is 1. The maximum absolute atomic E-state index is 9.54. The Bertz CT molecular complexity index is 668. The van der Waals surface area contributed by atoms with E-state index in [1.54, 1.807) is 0 Å². The van der Waals surface area contributed by atoms with Gasteiger partial charge in [-0.15, -0.1) is 0 Å². The summed E-state index contributed by atoms with van der Waals surface area (Å²) in [5, 5.41) is 10.8. The largest absolute Gasteiger partial charge is 0.506 e. The Labute approximate surface area is 139 Å². The molecule has 0 amide bonds. The predicted octanol–water partition coefficient (Wildman–Crippen LogP) is 6.98. The molecular formula is C12H4Cl6O. The second-order valence-electron chi connectivity index (χ2n) is 3.63. The Morgan fingerprint density at radius 2 is 1.21 bits per heavy atom. The van der Waals surface area contributed by atoms with E-state index in [4.69, 9.17) is 69.6 Å². The minimum atomic E-state index is -0.211. The lowest BCUT2D eigenvalue weighted by Gasteiger charge is -2.12. The quantitative estimate of drug-likeness (QED) is 0.532. The summed E-state index contributed by atoms with van der Waals surface area (Å²) in [5.74, 6) is -0.211. The lowest BCUT2D eigenvalue weighted by atomic mass is 10.1. The molecule has 0 bridgehead atoms. The van der Waals surface area contributed by atoms with E-state index < -0.39 is 0 Å². The van der Waals surface area contributed by atoms with E-state index in [0.717, 1.165) is 0 Å². The minimum absolute atomic E-state index is 0.0109. The van der Waals surface area contributed by atoms with Gasteiger partial charge in [0.25, 0.3) is 0 Å². The fraction of sp³-hybridized carbons (Fsp3) is 0. The minimum Gasteiger partial charge on any atom is -0.506 e. The van der Waals surface area contributed by atoms with Crippen molar-refractivity contribution in [2.45, 2.75) is 0 Å². The maximum atomic E-state index is 9.54. The van der Waals surface area contributed by atoms with Crippen LogP contribution in [0.5, 0.6) is 5.75 Å². The number of phenolic OH excluding ortho intramolecular Hbond substituents is 1. The molecule has 2 aromatic carbocycles. The van der Waals surface area contributed by atoms with Gasteiger partial charge in [-0.25, -0.2) is 0 Å². The van der Waals surface area contributed by atoms with Gasteiger partial charge in [0.1, 0.15) is 10.8 Å². The summed E-state index contributed by atoms with van der Waals surface area (Å²) in [4.78, 5) is 0. The van der Waals surface area contributed by atoms with Gasteiger partial charge < -0.3 is 5.11 Å². The van der Waals surface area contributed by atoms with E-state index in [2.05, 4.69) is 0 Å². The highest BCUT2D eigenvalue weighted by Crippen LogP contribution is 2.47. The summed E-state index contributed by atoms with van der Waals surface area (Å²) in [7, 11) is 0. The third-order valence-corrected chi connectivity index (χ3v) is 4.61. The molecule has 0 radical (unpaired) electrons. The molecule has 0 aromatic heterocycles. The summed E-state index contributed by atoms with van der Waals surface area (Å²) < 4.78 is 0. The third kappa shape index (κ3) is 2.87. The second kappa shape index (κ2) is 5.77. The zero-order chi connectivity index (χ0) is 14.3. The topological polar surface area (TPSA) is 20.2 Å². The highest BCUT2D eigenvalue weighted by molar-refractivity contribution is 6.48. The van der Waals surface area contributed by atoms with Crippen molar-refractivity contribution in [3.05, 3.63) is 48.3 Å². The lowest BCUT2D eigenvalue weighted by Crippen LogP contribution is -1.86. The molecule has 2 rings (SSSR count). The van der Waals surface area contributed by atoms with Gasteiger partial charge in [0.15, 0.2) is 0 Å². The zero-order valence-electron chi connectivity index (χ0n) is 8.95. The number of benzene rings is 2. The van der Waals surface area contributed by atoms with Gasteiger partial charge in [0.05, 0.1) is 25.1 Å². The van der Waals surface area contributed by atoms with Crippen molar-refractivity contribution in [1.82, 2.24) is 0 Å². The van der Waals surface area contributed by atoms with Crippen LogP contribution in [-0.2, 0) is 0 Å². The van der Waals surface area contributed by atoms with Crippen LogP contribution in [0.3, 0.4) is 0 Å². The Balaban J connectivity index is 2.80. The average molecular weight is 377 g/mol. The molecule has 1 nitrogen and oxygen atoms in total. The van der Waals surface area contributed by atoms with Crippen LogP contribution in [0, 0.1) is 0 Å². The molecule has 0 saturated carbocycles. The fourth-order valence-corrected chi connectivity index (χ4v) is 2.98. The summed E-state index contributed by atoms with van der Waals surface area (Å²) >= 11 is 36.0. The molecule has 0 fully saturated rings. The number of aromatic hydroxyl groups is 1. The molecule has 1 N–H and O–H groups in total. The SMILES string of the molecule is Oc1cc(Cl)c(-c2cc(Cl)c(Cl)cc2Cl)c(Cl)c1Cl. The first-order valence-corrected chi connectivity index (χ1v) is 7.11. The molecule has 19 heavy (non-hydrogen) atoms. The van der Waals surface area contributed by atoms with Crippen LogP contribution in [0.15, 0.2) is 18.2 Å². The Kier molecular flexibility index (Phi) is 4.67. The van der Waals surface area contributed by atoms with Crippen LogP contribution in [0.1, 0.15) is 0 Å². The number of hydrogen-bond acceptors (Lipinski definition) is 1. The van der Waals surface area contributed by atoms with Crippen LogP contribution in [0.4, 0.5) is 0 Å². The molecule has 100 valence electrons. The normalized spacial score (nSPS) is 10.8. The van der Waals surface area contributed by atoms with Gasteiger partial charge in [0.2, 0.25) is 0 Å². The van der Waals surface area contributed by atoms with Gasteiger partial charge in [-0.1, -0.05) is 69.6 Å². The molecule has 7 heteroatoms. The van der Waals surface area contributed by atoms with Crippen molar-refractivity contribution in [2.24, 2.45) is 0 Å². The van der Waals surface area contributed by atoms with Crippen LogP contribution >= 0.6 is 69.6 Å². The van der Waals surface area contributed by atoms with E-state index in [1.807, 2.05) is 0 Å². The van der Waals surface area contributed by atoms with Gasteiger partial charge in [-0.2, -0.15) is 0 Å². The third-order valence-electron chi connectivity index (χ3n) is 2.42. The summed E-state index contributed by atoms with van der Waals surface area (Å²) in [6, 6.07) is 4.30. The van der Waals surface area contributed by atoms with E-state index in [0.29, 0.717) is 26.2 Å². The van der Waals surface area contributed by atoms with Crippen molar-refractivity contribution in [3.8, 4) is 16.9 Å². The second-order valence-corrected chi connectivity index (χ2v) is 6.01. The van der Waals surface area contributed by atoms with Crippen molar-refractivity contribution < 1.29 is 5.11 Å². The van der Waals surface area contributed by atoms with Gasteiger partial charge in [-0.3, -0.25) is 0 Å². The number of halogens is 6. The lowest BCUT2D eigenvalue weighted by molar-refractivity contribution is 0.476. The van der Waals surface area contributed by atoms with Crippen molar-refractivity contribution in [3.63, 3.8) is 0 Å². The first-order chi connectivity index (χ1) is 8.82. The zero-order valence-corrected chi connectivity index (χ0v) is 13.5. The summed E-state index contributed by atoms with van der Waals surface area (Å²) in [5.41, 5.74) is 0.864. The fourth-order valence-electron chi connectivity index (χ4n) is 1.54. The first kappa shape index (κ1) is 15.4. The van der Waals surface area contributed by atoms with Crippen molar-refractivity contribution in [2.75, 3.05) is 0 Å². The molecule has 0 aliphatic carbocycles. The van der Waals surface area contributed by atoms with Gasteiger partial charge in [-0.05, 0) is 12.1 Å². The molecule has 0 aliphatic heterocycles. The van der Waals surface area contributed by atoms with Crippen LogP contribution in [-0.4, -0.2) is 5.11 Å². The molecule has 0 aliphatic rings. The number of hydrogen-bond donors (Lipinski definition) is 1. The van der Waals surface area contributed by atoms with E-state index in [9.17, 15) is 5.11 Å². The molecule has 0 saturated heterocycles. The Hall–Kier alpha value is -0.0200. The standard InChI is InChI=1S/C12H4Cl6O/c13-5-2-7(15)6(14)1-4(5)10-8(16)3-9(19)11(17)12(10)18/h1-3,19H. The van der Waals surface area contributed by atoms with E-state index in [1.165, 1.54) is 18.2 Å². The van der Waals surface area contributed by atoms with E-state index in [-0.39, 0.29) is 20.8 Å². The number of rotatable bonds is 1. The molecule has 0 unspecified atom stereocenters.